The lowest BCUT2D eigenvalue weighted by molar-refractivity contribution is -0.121. The molecule has 0 bridgehead atoms. The molecule has 1 rings (SSSR count). The van der Waals surface area contributed by atoms with Crippen LogP contribution in [0.25, 0.3) is 0 Å². The van der Waals surface area contributed by atoms with Crippen molar-refractivity contribution in [1.29, 1.82) is 0 Å². The summed E-state index contributed by atoms with van der Waals surface area (Å²) in [5.74, 6) is 0.746. The van der Waals surface area contributed by atoms with Gasteiger partial charge in [-0.3, -0.25) is 4.79 Å². The summed E-state index contributed by atoms with van der Waals surface area (Å²) in [6, 6.07) is 1.77. The predicted octanol–water partition coefficient (Wildman–Crippen LogP) is -0.281. The van der Waals surface area contributed by atoms with E-state index in [4.69, 9.17) is 4.74 Å². The molecule has 0 aliphatic rings. The van der Waals surface area contributed by atoms with Gasteiger partial charge in [0.25, 0.3) is 0 Å². The minimum Gasteiger partial charge on any atom is -0.383 e. The Hall–Kier alpha value is -1.53. The summed E-state index contributed by atoms with van der Waals surface area (Å²) in [6.45, 7) is 2.28. The number of hydrogen-bond donors (Lipinski definition) is 2. The van der Waals surface area contributed by atoms with E-state index in [0.717, 1.165) is 5.82 Å². The van der Waals surface area contributed by atoms with Crippen LogP contribution in [-0.2, 0) is 16.1 Å². The lowest BCUT2D eigenvalue weighted by atomic mass is 10.4. The number of methoxy groups -OCH3 is 1. The molecule has 1 aromatic heterocycles. The van der Waals surface area contributed by atoms with Crippen LogP contribution in [0.4, 0.5) is 0 Å². The number of hydrogen-bond acceptors (Lipinski definition) is 5. The number of carbonyl (C=O) groups excluding carboxylic acids is 1. The molecule has 0 unspecified atom stereocenters. The fraction of sp³-hybridized carbons (Fsp3) is 0.545. The second kappa shape index (κ2) is 8.60. The summed E-state index contributed by atoms with van der Waals surface area (Å²) in [5, 5.41) is 5.85. The van der Waals surface area contributed by atoms with Gasteiger partial charge in [0.15, 0.2) is 0 Å². The maximum absolute atomic E-state index is 11.3. The van der Waals surface area contributed by atoms with Crippen molar-refractivity contribution >= 4 is 5.91 Å². The van der Waals surface area contributed by atoms with E-state index in [0.29, 0.717) is 32.7 Å². The standard InChI is InChI=1S/C11H18N4O2/c1-17-8-7-15-11(16)3-6-12-9-10-13-4-2-5-14-10/h2,4-5,12H,3,6-9H2,1H3,(H,15,16). The molecule has 1 heterocycles. The van der Waals surface area contributed by atoms with Crippen LogP contribution in [0, 0.1) is 0 Å². The topological polar surface area (TPSA) is 76.1 Å². The summed E-state index contributed by atoms with van der Waals surface area (Å²) >= 11 is 0. The first-order valence-electron chi connectivity index (χ1n) is 5.55. The molecule has 0 radical (unpaired) electrons. The number of nitrogens with one attached hydrogen (secondary N) is 2. The number of amides is 1. The largest absolute Gasteiger partial charge is 0.383 e. The molecule has 94 valence electrons. The minimum absolute atomic E-state index is 0.0172. The van der Waals surface area contributed by atoms with Gasteiger partial charge in [-0.1, -0.05) is 0 Å². The molecule has 0 fully saturated rings. The molecular formula is C11H18N4O2. The molecule has 0 aliphatic heterocycles. The summed E-state index contributed by atoms with van der Waals surface area (Å²) < 4.78 is 4.83. The summed E-state index contributed by atoms with van der Waals surface area (Å²) in [6.07, 6.45) is 3.83. The third-order valence-electron chi connectivity index (χ3n) is 2.06. The highest BCUT2D eigenvalue weighted by Gasteiger charge is 2.00. The van der Waals surface area contributed by atoms with Gasteiger partial charge < -0.3 is 15.4 Å². The molecule has 1 aromatic rings. The first-order chi connectivity index (χ1) is 8.33. The Balaban J connectivity index is 2.02. The van der Waals surface area contributed by atoms with Crippen molar-refractivity contribution < 1.29 is 9.53 Å². The normalized spacial score (nSPS) is 10.2. The third-order valence-corrected chi connectivity index (χ3v) is 2.06. The maximum atomic E-state index is 11.3. The molecule has 17 heavy (non-hydrogen) atoms. The van der Waals surface area contributed by atoms with Gasteiger partial charge in [-0.15, -0.1) is 0 Å². The van der Waals surface area contributed by atoms with Crippen molar-refractivity contribution in [3.05, 3.63) is 24.3 Å². The van der Waals surface area contributed by atoms with Crippen molar-refractivity contribution in [2.45, 2.75) is 13.0 Å². The molecule has 2 N–H and O–H groups in total. The molecular weight excluding hydrogens is 220 g/mol. The van der Waals surface area contributed by atoms with Crippen molar-refractivity contribution in [1.82, 2.24) is 20.6 Å². The van der Waals surface area contributed by atoms with E-state index in [1.807, 2.05) is 0 Å². The Labute approximate surface area is 101 Å². The highest BCUT2D eigenvalue weighted by atomic mass is 16.5. The van der Waals surface area contributed by atoms with E-state index in [-0.39, 0.29) is 5.91 Å². The monoisotopic (exact) mass is 238 g/mol. The van der Waals surface area contributed by atoms with Crippen molar-refractivity contribution in [2.75, 3.05) is 26.8 Å². The second-order valence-electron chi connectivity index (χ2n) is 3.43. The van der Waals surface area contributed by atoms with Gasteiger partial charge in [0.2, 0.25) is 5.91 Å². The van der Waals surface area contributed by atoms with Crippen molar-refractivity contribution in [2.24, 2.45) is 0 Å². The molecule has 6 heteroatoms. The van der Waals surface area contributed by atoms with Crippen molar-refractivity contribution in [3.8, 4) is 0 Å². The number of carbonyl (C=O) groups is 1. The number of aromatic nitrogens is 2. The molecule has 0 saturated carbocycles. The molecule has 0 aromatic carbocycles. The SMILES string of the molecule is COCCNC(=O)CCNCc1ncccn1. The van der Waals surface area contributed by atoms with E-state index in [2.05, 4.69) is 20.6 Å². The Morgan fingerprint density at radius 3 is 2.82 bits per heavy atom. The Morgan fingerprint density at radius 1 is 1.35 bits per heavy atom. The van der Waals surface area contributed by atoms with Crippen LogP contribution in [0.15, 0.2) is 18.5 Å². The molecule has 1 amide bonds. The lowest BCUT2D eigenvalue weighted by Gasteiger charge is -2.05. The van der Waals surface area contributed by atoms with Gasteiger partial charge in [0.1, 0.15) is 5.82 Å². The van der Waals surface area contributed by atoms with Crippen LogP contribution in [-0.4, -0.2) is 42.7 Å². The Bertz CT molecular complexity index is 319. The van der Waals surface area contributed by atoms with E-state index < -0.39 is 0 Å². The van der Waals surface area contributed by atoms with Gasteiger partial charge in [-0.05, 0) is 6.07 Å². The zero-order valence-electron chi connectivity index (χ0n) is 9.98. The molecule has 0 saturated heterocycles. The fourth-order valence-electron chi connectivity index (χ4n) is 1.20. The zero-order chi connectivity index (χ0) is 12.3. The zero-order valence-corrected chi connectivity index (χ0v) is 9.98. The summed E-state index contributed by atoms with van der Waals surface area (Å²) in [7, 11) is 1.60. The van der Waals surface area contributed by atoms with Crippen LogP contribution >= 0.6 is 0 Å². The predicted molar refractivity (Wildman–Crippen MR) is 63.2 cm³/mol. The van der Waals surface area contributed by atoms with E-state index in [9.17, 15) is 4.79 Å². The molecule has 0 atom stereocenters. The number of nitrogens with zero attached hydrogens (tertiary/aromatic N) is 2. The quantitative estimate of drug-likeness (QED) is 0.609. The average molecular weight is 238 g/mol. The smallest absolute Gasteiger partial charge is 0.221 e. The van der Waals surface area contributed by atoms with Gasteiger partial charge in [-0.2, -0.15) is 0 Å². The Kier molecular flexibility index (Phi) is 6.85. The highest BCUT2D eigenvalue weighted by molar-refractivity contribution is 5.75. The average Bonchev–Trinajstić information content (AvgIpc) is 2.36. The van der Waals surface area contributed by atoms with Crippen LogP contribution in [0.3, 0.4) is 0 Å². The van der Waals surface area contributed by atoms with Crippen LogP contribution < -0.4 is 10.6 Å². The third kappa shape index (κ3) is 6.60. The van der Waals surface area contributed by atoms with Gasteiger partial charge >= 0.3 is 0 Å². The summed E-state index contributed by atoms with van der Waals surface area (Å²) in [4.78, 5) is 19.4. The molecule has 6 nitrogen and oxygen atoms in total. The van der Waals surface area contributed by atoms with E-state index >= 15 is 0 Å². The van der Waals surface area contributed by atoms with Crippen LogP contribution in [0.2, 0.25) is 0 Å². The van der Waals surface area contributed by atoms with Gasteiger partial charge in [0, 0.05) is 39.0 Å². The van der Waals surface area contributed by atoms with Crippen LogP contribution in [0.5, 0.6) is 0 Å². The summed E-state index contributed by atoms with van der Waals surface area (Å²) in [5.41, 5.74) is 0. The van der Waals surface area contributed by atoms with Crippen molar-refractivity contribution in [3.63, 3.8) is 0 Å². The first-order valence-corrected chi connectivity index (χ1v) is 5.55. The van der Waals surface area contributed by atoms with E-state index in [1.54, 1.807) is 25.6 Å². The number of rotatable bonds is 8. The molecule has 0 aliphatic carbocycles. The second-order valence-corrected chi connectivity index (χ2v) is 3.43. The minimum atomic E-state index is 0.0172. The lowest BCUT2D eigenvalue weighted by Crippen LogP contribution is -2.30. The Morgan fingerprint density at radius 2 is 2.12 bits per heavy atom. The van der Waals surface area contributed by atoms with Crippen LogP contribution in [0.1, 0.15) is 12.2 Å². The molecule has 0 spiro atoms. The number of ether oxygens (including phenoxy) is 1. The maximum Gasteiger partial charge on any atom is 0.221 e. The van der Waals surface area contributed by atoms with Gasteiger partial charge in [0.05, 0.1) is 13.2 Å². The fourth-order valence-corrected chi connectivity index (χ4v) is 1.20. The van der Waals surface area contributed by atoms with Gasteiger partial charge in [-0.25, -0.2) is 9.97 Å². The van der Waals surface area contributed by atoms with E-state index in [1.165, 1.54) is 0 Å². The highest BCUT2D eigenvalue weighted by Crippen LogP contribution is 1.86. The first kappa shape index (κ1) is 13.5.